The van der Waals surface area contributed by atoms with Gasteiger partial charge >= 0.3 is 0 Å². The van der Waals surface area contributed by atoms with Gasteiger partial charge in [-0.3, -0.25) is 14.5 Å². The van der Waals surface area contributed by atoms with Crippen LogP contribution in [0, 0.1) is 5.92 Å². The first-order valence-corrected chi connectivity index (χ1v) is 13.1. The Morgan fingerprint density at radius 1 is 0.882 bits per heavy atom. The molecule has 2 amide bonds. The molecule has 1 saturated carbocycles. The minimum Gasteiger partial charge on any atom is -0.326 e. The van der Waals surface area contributed by atoms with Crippen molar-refractivity contribution in [2.75, 3.05) is 10.2 Å². The van der Waals surface area contributed by atoms with Crippen molar-refractivity contribution in [3.63, 3.8) is 0 Å². The van der Waals surface area contributed by atoms with Crippen LogP contribution in [0.4, 0.5) is 17.1 Å². The fraction of sp³-hybridized carbons (Fsp3) is 0.310. The second-order valence-corrected chi connectivity index (χ2v) is 9.99. The van der Waals surface area contributed by atoms with Gasteiger partial charge in [-0.15, -0.1) is 11.8 Å². The summed E-state index contributed by atoms with van der Waals surface area (Å²) >= 11 is 1.55. The summed E-state index contributed by atoms with van der Waals surface area (Å²) in [5, 5.41) is 2.84. The van der Waals surface area contributed by atoms with Crippen LogP contribution in [0.1, 0.15) is 45.4 Å². The van der Waals surface area contributed by atoms with Crippen LogP contribution >= 0.6 is 11.8 Å². The van der Waals surface area contributed by atoms with E-state index < -0.39 is 0 Å². The van der Waals surface area contributed by atoms with Crippen LogP contribution in [0.15, 0.2) is 89.8 Å². The molecule has 0 saturated heterocycles. The monoisotopic (exact) mass is 472 g/mol. The van der Waals surface area contributed by atoms with Gasteiger partial charge in [0, 0.05) is 27.9 Å². The number of hydrogen-bond acceptors (Lipinski definition) is 3. The smallest absolute Gasteiger partial charge is 0.245 e. The zero-order valence-electron chi connectivity index (χ0n) is 19.7. The molecule has 1 aliphatic carbocycles. The number of carbonyl (C=O) groups excluding carboxylic acids is 2. The predicted octanol–water partition coefficient (Wildman–Crippen LogP) is 7.44. The van der Waals surface area contributed by atoms with Gasteiger partial charge < -0.3 is 5.32 Å². The Bertz CT molecular complexity index is 1040. The summed E-state index contributed by atoms with van der Waals surface area (Å²) in [7, 11) is 0. The zero-order chi connectivity index (χ0) is 23.8. The van der Waals surface area contributed by atoms with Crippen molar-refractivity contribution in [1.29, 1.82) is 0 Å². The average molecular weight is 473 g/mol. The molecule has 0 radical (unpaired) electrons. The number of carbonyl (C=O) groups is 2. The highest BCUT2D eigenvalue weighted by molar-refractivity contribution is 8.00. The number of benzene rings is 3. The molecule has 5 heteroatoms. The fourth-order valence-electron chi connectivity index (χ4n) is 4.43. The minimum absolute atomic E-state index is 0.0431. The van der Waals surface area contributed by atoms with E-state index in [0.29, 0.717) is 6.42 Å². The largest absolute Gasteiger partial charge is 0.326 e. The Morgan fingerprint density at radius 3 is 2.09 bits per heavy atom. The van der Waals surface area contributed by atoms with Gasteiger partial charge in [0.05, 0.1) is 5.25 Å². The summed E-state index contributed by atoms with van der Waals surface area (Å²) in [4.78, 5) is 29.3. The Hall–Kier alpha value is -3.05. The lowest BCUT2D eigenvalue weighted by atomic mass is 9.88. The Morgan fingerprint density at radius 2 is 1.50 bits per heavy atom. The second-order valence-electron chi connectivity index (χ2n) is 8.71. The molecule has 0 spiro atoms. The van der Waals surface area contributed by atoms with Crippen molar-refractivity contribution in [3.8, 4) is 0 Å². The molecule has 0 aliphatic heterocycles. The highest BCUT2D eigenvalue weighted by Crippen LogP contribution is 2.34. The molecule has 34 heavy (non-hydrogen) atoms. The van der Waals surface area contributed by atoms with E-state index in [-0.39, 0.29) is 23.0 Å². The van der Waals surface area contributed by atoms with Crippen LogP contribution in [-0.2, 0) is 9.59 Å². The van der Waals surface area contributed by atoms with E-state index in [4.69, 9.17) is 0 Å². The average Bonchev–Trinajstić information content (AvgIpc) is 2.89. The summed E-state index contributed by atoms with van der Waals surface area (Å²) in [5.41, 5.74) is 2.50. The molecular formula is C29H32N2O2S. The van der Waals surface area contributed by atoms with Gasteiger partial charge in [-0.1, -0.05) is 68.7 Å². The fourth-order valence-corrected chi connectivity index (χ4v) is 5.48. The van der Waals surface area contributed by atoms with E-state index in [2.05, 4.69) is 5.32 Å². The zero-order valence-corrected chi connectivity index (χ0v) is 20.5. The van der Waals surface area contributed by atoms with Gasteiger partial charge in [0.25, 0.3) is 0 Å². The normalized spacial score (nSPS) is 14.9. The highest BCUT2D eigenvalue weighted by atomic mass is 32.2. The standard InChI is InChI=1S/C29H32N2O2S/c1-2-27(29(33)31(24-16-8-4-9-17-24)25-18-10-5-11-19-25)34-26-20-12-15-23(21-26)30-28(32)22-13-6-3-7-14-22/h4-5,8-12,15-22,27H,2-3,6-7,13-14H2,1H3,(H,30,32). The van der Waals surface area contributed by atoms with E-state index in [1.165, 1.54) is 6.42 Å². The van der Waals surface area contributed by atoms with E-state index in [9.17, 15) is 9.59 Å². The molecule has 0 bridgehead atoms. The van der Waals surface area contributed by atoms with Crippen molar-refractivity contribution in [2.24, 2.45) is 5.92 Å². The molecule has 0 heterocycles. The first-order chi connectivity index (χ1) is 16.7. The van der Waals surface area contributed by atoms with Crippen LogP contribution in [0.5, 0.6) is 0 Å². The number of nitrogens with zero attached hydrogens (tertiary/aromatic N) is 1. The minimum atomic E-state index is -0.260. The number of para-hydroxylation sites is 2. The van der Waals surface area contributed by atoms with Gasteiger partial charge in [0.15, 0.2) is 0 Å². The summed E-state index contributed by atoms with van der Waals surface area (Å²) in [5.74, 6) is 0.270. The Balaban J connectivity index is 1.51. The number of rotatable bonds is 8. The van der Waals surface area contributed by atoms with Crippen LogP contribution in [0.25, 0.3) is 0 Å². The van der Waals surface area contributed by atoms with Gasteiger partial charge in [0.2, 0.25) is 11.8 Å². The van der Waals surface area contributed by atoms with E-state index in [0.717, 1.165) is 47.6 Å². The SMILES string of the molecule is CCC(Sc1cccc(NC(=O)C2CCCCC2)c1)C(=O)N(c1ccccc1)c1ccccc1. The maximum Gasteiger partial charge on any atom is 0.245 e. The molecule has 3 aromatic carbocycles. The molecule has 1 unspecified atom stereocenters. The molecule has 1 aliphatic rings. The maximum atomic E-state index is 13.8. The highest BCUT2D eigenvalue weighted by Gasteiger charge is 2.27. The number of nitrogens with one attached hydrogen (secondary N) is 1. The molecule has 176 valence electrons. The van der Waals surface area contributed by atoms with Crippen molar-refractivity contribution in [2.45, 2.75) is 55.6 Å². The van der Waals surface area contributed by atoms with Crippen LogP contribution < -0.4 is 10.2 Å². The second kappa shape index (κ2) is 11.9. The predicted molar refractivity (Wildman–Crippen MR) is 142 cm³/mol. The lowest BCUT2D eigenvalue weighted by Gasteiger charge is -2.27. The Kier molecular flexibility index (Phi) is 8.42. The lowest BCUT2D eigenvalue weighted by Crippen LogP contribution is -2.34. The third-order valence-corrected chi connectivity index (χ3v) is 7.60. The van der Waals surface area contributed by atoms with Gasteiger partial charge in [0.1, 0.15) is 0 Å². The summed E-state index contributed by atoms with van der Waals surface area (Å²) < 4.78 is 0. The van der Waals surface area contributed by atoms with Gasteiger partial charge in [-0.05, 0) is 61.7 Å². The summed E-state index contributed by atoms with van der Waals surface area (Å²) in [6.45, 7) is 2.04. The molecule has 0 aromatic heterocycles. The number of anilines is 3. The van der Waals surface area contributed by atoms with Gasteiger partial charge in [-0.25, -0.2) is 0 Å². The number of amides is 2. The van der Waals surface area contributed by atoms with Crippen LogP contribution in [-0.4, -0.2) is 17.1 Å². The quantitative estimate of drug-likeness (QED) is 0.347. The lowest BCUT2D eigenvalue weighted by molar-refractivity contribution is -0.120. The van der Waals surface area contributed by atoms with E-state index >= 15 is 0 Å². The topological polar surface area (TPSA) is 49.4 Å². The van der Waals surface area contributed by atoms with E-state index in [1.807, 2.05) is 91.9 Å². The third-order valence-electron chi connectivity index (χ3n) is 6.25. The molecule has 1 atom stereocenters. The first-order valence-electron chi connectivity index (χ1n) is 12.2. The van der Waals surface area contributed by atoms with Gasteiger partial charge in [-0.2, -0.15) is 0 Å². The van der Waals surface area contributed by atoms with Crippen LogP contribution in [0.2, 0.25) is 0 Å². The third kappa shape index (κ3) is 6.09. The van der Waals surface area contributed by atoms with Crippen molar-refractivity contribution < 1.29 is 9.59 Å². The molecule has 4 rings (SSSR count). The number of thioether (sulfide) groups is 1. The molecule has 3 aromatic rings. The van der Waals surface area contributed by atoms with E-state index in [1.54, 1.807) is 16.7 Å². The summed E-state index contributed by atoms with van der Waals surface area (Å²) in [6, 6.07) is 27.4. The maximum absolute atomic E-state index is 13.8. The van der Waals surface area contributed by atoms with Crippen molar-refractivity contribution in [3.05, 3.63) is 84.9 Å². The molecule has 4 nitrogen and oxygen atoms in total. The Labute approximate surface area is 206 Å². The van der Waals surface area contributed by atoms with Crippen molar-refractivity contribution >= 4 is 40.6 Å². The molecular weight excluding hydrogens is 440 g/mol. The first kappa shape index (κ1) is 24.1. The molecule has 1 N–H and O–H groups in total. The molecule has 1 fully saturated rings. The van der Waals surface area contributed by atoms with Crippen LogP contribution in [0.3, 0.4) is 0 Å². The summed E-state index contributed by atoms with van der Waals surface area (Å²) in [6.07, 6.45) is 6.13. The van der Waals surface area contributed by atoms with Crippen molar-refractivity contribution in [1.82, 2.24) is 0 Å². The number of hydrogen-bond donors (Lipinski definition) is 1.